The monoisotopic (exact) mass is 430 g/mol. The fourth-order valence-electron chi connectivity index (χ4n) is 3.67. The first-order valence-corrected chi connectivity index (χ1v) is 11.9. The number of hydrogen-bond acceptors (Lipinski definition) is 4. The Morgan fingerprint density at radius 1 is 1.20 bits per heavy atom. The van der Waals surface area contributed by atoms with Crippen molar-refractivity contribution in [2.24, 2.45) is 0 Å². The molecule has 1 aliphatic rings. The number of benzene rings is 2. The summed E-state index contributed by atoms with van der Waals surface area (Å²) in [5, 5.41) is 2.87. The Balaban J connectivity index is 1.88. The zero-order chi connectivity index (χ0) is 21.7. The van der Waals surface area contributed by atoms with Gasteiger partial charge in [0.05, 0.1) is 17.2 Å². The predicted molar refractivity (Wildman–Crippen MR) is 119 cm³/mol. The van der Waals surface area contributed by atoms with E-state index in [1.165, 1.54) is 6.07 Å². The number of piperidine rings is 1. The van der Waals surface area contributed by atoms with E-state index in [4.69, 9.17) is 4.74 Å². The molecule has 3 rings (SSSR count). The average molecular weight is 431 g/mol. The molecule has 1 saturated heterocycles. The zero-order valence-corrected chi connectivity index (χ0v) is 18.7. The molecule has 0 radical (unpaired) electrons. The van der Waals surface area contributed by atoms with Gasteiger partial charge in [-0.2, -0.15) is 4.31 Å². The van der Waals surface area contributed by atoms with Crippen molar-refractivity contribution in [3.63, 3.8) is 0 Å². The number of rotatable bonds is 7. The standard InChI is InChI=1S/C23H30N2O4S/c1-4-15-29-22-11-6-5-10-21(22)24-23(26)20-16-19(13-12-17(20)2)30(27,28)25-14-8-7-9-18(25)3/h5-6,10-13,16,18H,4,7-9,14-15H2,1-3H3,(H,24,26). The van der Waals surface area contributed by atoms with Crippen molar-refractivity contribution in [2.75, 3.05) is 18.5 Å². The molecule has 1 fully saturated rings. The van der Waals surface area contributed by atoms with Gasteiger partial charge in [-0.3, -0.25) is 4.79 Å². The summed E-state index contributed by atoms with van der Waals surface area (Å²) >= 11 is 0. The Morgan fingerprint density at radius 3 is 2.70 bits per heavy atom. The van der Waals surface area contributed by atoms with Crippen LogP contribution in [0, 0.1) is 6.92 Å². The van der Waals surface area contributed by atoms with Crippen molar-refractivity contribution in [3.05, 3.63) is 53.6 Å². The first kappa shape index (κ1) is 22.3. The SMILES string of the molecule is CCCOc1ccccc1NC(=O)c1cc(S(=O)(=O)N2CCCCC2C)ccc1C. The minimum Gasteiger partial charge on any atom is -0.491 e. The van der Waals surface area contributed by atoms with E-state index in [1.807, 2.05) is 26.0 Å². The second kappa shape index (κ2) is 9.62. The van der Waals surface area contributed by atoms with E-state index in [0.717, 1.165) is 25.7 Å². The van der Waals surface area contributed by atoms with E-state index in [2.05, 4.69) is 5.32 Å². The summed E-state index contributed by atoms with van der Waals surface area (Å²) in [5.74, 6) is 0.236. The molecule has 2 aromatic rings. The van der Waals surface area contributed by atoms with Crippen LogP contribution in [0.4, 0.5) is 5.69 Å². The summed E-state index contributed by atoms with van der Waals surface area (Å²) in [7, 11) is -3.65. The van der Waals surface area contributed by atoms with E-state index >= 15 is 0 Å². The van der Waals surface area contributed by atoms with Crippen LogP contribution < -0.4 is 10.1 Å². The summed E-state index contributed by atoms with van der Waals surface area (Å²) in [6.45, 7) is 6.81. The maximum atomic E-state index is 13.2. The van der Waals surface area contributed by atoms with Crippen LogP contribution in [0.5, 0.6) is 5.75 Å². The van der Waals surface area contributed by atoms with Crippen LogP contribution in [0.3, 0.4) is 0 Å². The first-order valence-electron chi connectivity index (χ1n) is 10.5. The summed E-state index contributed by atoms with van der Waals surface area (Å²) in [6, 6.07) is 12.0. The highest BCUT2D eigenvalue weighted by Gasteiger charge is 2.31. The van der Waals surface area contributed by atoms with Gasteiger partial charge in [0.2, 0.25) is 10.0 Å². The van der Waals surface area contributed by atoms with Crippen LogP contribution in [0.1, 0.15) is 55.5 Å². The third-order valence-corrected chi connectivity index (χ3v) is 7.41. The van der Waals surface area contributed by atoms with Gasteiger partial charge in [0.1, 0.15) is 5.75 Å². The lowest BCUT2D eigenvalue weighted by atomic mass is 10.1. The number of amides is 1. The topological polar surface area (TPSA) is 75.7 Å². The van der Waals surface area contributed by atoms with Crippen molar-refractivity contribution < 1.29 is 17.9 Å². The molecule has 1 unspecified atom stereocenters. The van der Waals surface area contributed by atoms with Gasteiger partial charge in [-0.25, -0.2) is 8.42 Å². The fourth-order valence-corrected chi connectivity index (χ4v) is 5.39. The third kappa shape index (κ3) is 4.84. The molecule has 0 saturated carbocycles. The van der Waals surface area contributed by atoms with Gasteiger partial charge in [0.25, 0.3) is 5.91 Å². The van der Waals surface area contributed by atoms with Crippen LogP contribution in [0.2, 0.25) is 0 Å². The average Bonchev–Trinajstić information content (AvgIpc) is 2.73. The van der Waals surface area contributed by atoms with Crippen LogP contribution >= 0.6 is 0 Å². The van der Waals surface area contributed by atoms with E-state index in [1.54, 1.807) is 35.5 Å². The zero-order valence-electron chi connectivity index (χ0n) is 17.8. The van der Waals surface area contributed by atoms with Crippen molar-refractivity contribution >= 4 is 21.6 Å². The number of nitrogens with one attached hydrogen (secondary N) is 1. The molecule has 2 aromatic carbocycles. The van der Waals surface area contributed by atoms with Crippen LogP contribution in [-0.4, -0.2) is 37.8 Å². The Hall–Kier alpha value is -2.38. The second-order valence-electron chi connectivity index (χ2n) is 7.74. The molecule has 1 N–H and O–H groups in total. The van der Waals surface area contributed by atoms with Crippen LogP contribution in [-0.2, 0) is 10.0 Å². The number of carbonyl (C=O) groups is 1. The molecule has 1 aliphatic heterocycles. The molecule has 6 nitrogen and oxygen atoms in total. The number of nitrogens with zero attached hydrogens (tertiary/aromatic N) is 1. The summed E-state index contributed by atoms with van der Waals surface area (Å²) in [5.41, 5.74) is 1.62. The van der Waals surface area contributed by atoms with E-state index < -0.39 is 10.0 Å². The number of anilines is 1. The van der Waals surface area contributed by atoms with Crippen LogP contribution in [0.25, 0.3) is 0 Å². The quantitative estimate of drug-likeness (QED) is 0.697. The van der Waals surface area contributed by atoms with Gasteiger partial charge in [0, 0.05) is 18.2 Å². The number of ether oxygens (including phenoxy) is 1. The van der Waals surface area contributed by atoms with Crippen molar-refractivity contribution in [1.82, 2.24) is 4.31 Å². The Morgan fingerprint density at radius 2 is 1.97 bits per heavy atom. The molecule has 0 aliphatic carbocycles. The molecule has 1 heterocycles. The van der Waals surface area contributed by atoms with Gasteiger partial charge in [-0.1, -0.05) is 31.5 Å². The van der Waals surface area contributed by atoms with E-state index in [-0.39, 0.29) is 16.8 Å². The molecule has 0 spiro atoms. The molecule has 0 bridgehead atoms. The Kier molecular flexibility index (Phi) is 7.15. The lowest BCUT2D eigenvalue weighted by Crippen LogP contribution is -2.42. The molecule has 7 heteroatoms. The third-order valence-electron chi connectivity index (χ3n) is 5.40. The van der Waals surface area contributed by atoms with Crippen molar-refractivity contribution in [2.45, 2.75) is 57.4 Å². The lowest BCUT2D eigenvalue weighted by molar-refractivity contribution is 0.102. The highest BCUT2D eigenvalue weighted by atomic mass is 32.2. The molecule has 1 atom stereocenters. The van der Waals surface area contributed by atoms with Gasteiger partial charge >= 0.3 is 0 Å². The minimum atomic E-state index is -3.65. The minimum absolute atomic E-state index is 0.0371. The smallest absolute Gasteiger partial charge is 0.256 e. The number of carbonyl (C=O) groups excluding carboxylic acids is 1. The first-order chi connectivity index (χ1) is 14.3. The second-order valence-corrected chi connectivity index (χ2v) is 9.63. The number of hydrogen-bond donors (Lipinski definition) is 1. The maximum Gasteiger partial charge on any atom is 0.256 e. The molecule has 1 amide bonds. The summed E-state index contributed by atoms with van der Waals surface area (Å²) < 4.78 is 33.6. The van der Waals surface area contributed by atoms with Gasteiger partial charge in [0.15, 0.2) is 0 Å². The van der Waals surface area contributed by atoms with Gasteiger partial charge < -0.3 is 10.1 Å². The predicted octanol–water partition coefficient (Wildman–Crippen LogP) is 4.60. The highest BCUT2D eigenvalue weighted by Crippen LogP contribution is 2.28. The Labute approximate surface area is 179 Å². The molecular weight excluding hydrogens is 400 g/mol. The van der Waals surface area contributed by atoms with Crippen LogP contribution in [0.15, 0.2) is 47.4 Å². The molecule has 30 heavy (non-hydrogen) atoms. The summed E-state index contributed by atoms with van der Waals surface area (Å²) in [4.78, 5) is 13.2. The maximum absolute atomic E-state index is 13.2. The molecular formula is C23H30N2O4S. The normalized spacial score (nSPS) is 17.5. The highest BCUT2D eigenvalue weighted by molar-refractivity contribution is 7.89. The van der Waals surface area contributed by atoms with Crippen molar-refractivity contribution in [3.8, 4) is 5.75 Å². The largest absolute Gasteiger partial charge is 0.491 e. The summed E-state index contributed by atoms with van der Waals surface area (Å²) in [6.07, 6.45) is 3.61. The molecule has 0 aromatic heterocycles. The van der Waals surface area contributed by atoms with Gasteiger partial charge in [-0.05, 0) is 62.9 Å². The number of aryl methyl sites for hydroxylation is 1. The Bertz CT molecular complexity index is 1000. The van der Waals surface area contributed by atoms with E-state index in [0.29, 0.717) is 35.7 Å². The van der Waals surface area contributed by atoms with Crippen molar-refractivity contribution in [1.29, 1.82) is 0 Å². The molecule has 162 valence electrons. The number of para-hydroxylation sites is 2. The fraction of sp³-hybridized carbons (Fsp3) is 0.435. The van der Waals surface area contributed by atoms with Gasteiger partial charge in [-0.15, -0.1) is 0 Å². The number of sulfonamides is 1. The lowest BCUT2D eigenvalue weighted by Gasteiger charge is -2.32. The van der Waals surface area contributed by atoms with E-state index in [9.17, 15) is 13.2 Å².